The highest BCUT2D eigenvalue weighted by Gasteiger charge is 2.18. The van der Waals surface area contributed by atoms with Crippen molar-refractivity contribution in [3.8, 4) is 22.5 Å². The lowest BCUT2D eigenvalue weighted by Gasteiger charge is -2.03. The molecule has 0 atom stereocenters. The first-order valence-corrected chi connectivity index (χ1v) is 13.5. The van der Waals surface area contributed by atoms with Gasteiger partial charge in [0, 0.05) is 44.0 Å². The molecule has 4 heteroatoms. The van der Waals surface area contributed by atoms with Crippen LogP contribution in [0.5, 0.6) is 0 Å². The number of hydrogen-bond acceptors (Lipinski definition) is 2. The number of rotatable bonds is 0. The van der Waals surface area contributed by atoms with Crippen LogP contribution < -0.4 is 0 Å². The molecule has 0 saturated heterocycles. The number of aromatic nitrogens is 4. The molecule has 9 rings (SSSR count). The zero-order chi connectivity index (χ0) is 26.2. The van der Waals surface area contributed by atoms with Crippen LogP contribution in [0.15, 0.2) is 109 Å². The average molecular weight is 511 g/mol. The Balaban J connectivity index is 1.46. The van der Waals surface area contributed by atoms with Crippen LogP contribution in [0, 0.1) is 0 Å². The quantitative estimate of drug-likeness (QED) is 0.214. The molecule has 0 radical (unpaired) electrons. The molecule has 0 amide bonds. The van der Waals surface area contributed by atoms with E-state index < -0.39 is 0 Å². The Bertz CT molecular complexity index is 2390. The van der Waals surface area contributed by atoms with Crippen LogP contribution >= 0.6 is 0 Å². The van der Waals surface area contributed by atoms with E-state index in [1.165, 1.54) is 32.3 Å². The fourth-order valence-electron chi connectivity index (χ4n) is 6.07. The summed E-state index contributed by atoms with van der Waals surface area (Å²) in [4.78, 5) is 17.3. The first-order valence-electron chi connectivity index (χ1n) is 13.5. The predicted octanol–water partition coefficient (Wildman–Crippen LogP) is 9.28. The number of H-pyrrole nitrogens is 2. The number of fused-ring (bicyclic) bond motifs is 16. The Morgan fingerprint density at radius 2 is 0.950 bits per heavy atom. The molecule has 0 saturated carbocycles. The minimum absolute atomic E-state index is 0.921. The van der Waals surface area contributed by atoms with Gasteiger partial charge in [-0.1, -0.05) is 48.5 Å². The first kappa shape index (κ1) is 21.5. The molecule has 0 fully saturated rings. The molecule has 0 unspecified atom stereocenters. The van der Waals surface area contributed by atoms with Crippen molar-refractivity contribution in [1.82, 2.24) is 19.9 Å². The highest BCUT2D eigenvalue weighted by atomic mass is 14.8. The molecule has 4 nitrogen and oxygen atoms in total. The van der Waals surface area contributed by atoms with Gasteiger partial charge in [-0.15, -0.1) is 0 Å². The third-order valence-electron chi connectivity index (χ3n) is 8.00. The van der Waals surface area contributed by atoms with Crippen LogP contribution in [-0.4, -0.2) is 19.9 Å². The molecule has 186 valence electrons. The van der Waals surface area contributed by atoms with Crippen LogP contribution in [0.1, 0.15) is 11.4 Å². The van der Waals surface area contributed by atoms with Crippen molar-refractivity contribution in [2.75, 3.05) is 0 Å². The molecule has 3 aromatic heterocycles. The number of nitrogens with one attached hydrogen (secondary N) is 2. The van der Waals surface area contributed by atoms with E-state index in [0.29, 0.717) is 0 Å². The molecule has 2 aliphatic rings. The number of aromatic amines is 2. The third-order valence-corrected chi connectivity index (χ3v) is 8.00. The van der Waals surface area contributed by atoms with Gasteiger partial charge in [0.15, 0.2) is 0 Å². The molecule has 8 bridgehead atoms. The van der Waals surface area contributed by atoms with Gasteiger partial charge in [-0.3, -0.25) is 0 Å². The summed E-state index contributed by atoms with van der Waals surface area (Å²) in [5.41, 5.74) is 10.1. The maximum absolute atomic E-state index is 5.21. The highest BCUT2D eigenvalue weighted by Crippen LogP contribution is 2.40. The van der Waals surface area contributed by atoms with Gasteiger partial charge in [0.2, 0.25) is 0 Å². The van der Waals surface area contributed by atoms with Crippen LogP contribution in [0.25, 0.3) is 89.1 Å². The summed E-state index contributed by atoms with van der Waals surface area (Å²) in [6.45, 7) is 0. The summed E-state index contributed by atoms with van der Waals surface area (Å²) in [7, 11) is 0. The van der Waals surface area contributed by atoms with E-state index in [2.05, 4.69) is 131 Å². The maximum atomic E-state index is 5.21. The number of nitrogens with zero attached hydrogens (tertiary/aromatic N) is 2. The second-order valence-corrected chi connectivity index (χ2v) is 10.6. The Morgan fingerprint density at radius 1 is 0.425 bits per heavy atom. The lowest BCUT2D eigenvalue weighted by Crippen LogP contribution is -1.79. The van der Waals surface area contributed by atoms with Gasteiger partial charge >= 0.3 is 0 Å². The molecule has 2 N–H and O–H groups in total. The number of benzene rings is 4. The summed E-state index contributed by atoms with van der Waals surface area (Å²) >= 11 is 0. The van der Waals surface area contributed by atoms with Crippen LogP contribution in [-0.2, 0) is 0 Å². The van der Waals surface area contributed by atoms with Crippen molar-refractivity contribution in [2.45, 2.75) is 0 Å². The van der Waals surface area contributed by atoms with Gasteiger partial charge in [0.25, 0.3) is 0 Å². The summed E-state index contributed by atoms with van der Waals surface area (Å²) < 4.78 is 0. The Morgan fingerprint density at radius 3 is 1.60 bits per heavy atom. The summed E-state index contributed by atoms with van der Waals surface area (Å²) in [6, 6.07) is 38.9. The smallest absolute Gasteiger partial charge is 0.0737 e. The van der Waals surface area contributed by atoms with Crippen molar-refractivity contribution in [2.24, 2.45) is 0 Å². The molecule has 4 aromatic carbocycles. The zero-order valence-corrected chi connectivity index (χ0v) is 21.4. The molecular formula is C36H22N4. The monoisotopic (exact) mass is 510 g/mol. The van der Waals surface area contributed by atoms with Crippen LogP contribution in [0.2, 0.25) is 0 Å². The molecule has 0 aliphatic carbocycles. The van der Waals surface area contributed by atoms with E-state index in [1.54, 1.807) is 0 Å². The Kier molecular flexibility index (Phi) is 4.30. The standard InChI is InChI=1S/C36H22N4/c1-3-7-23-15-31-29(13-21(23)5-1)33-18-27-11-9-25(37-27)17-26-10-12-28(38-26)19-34-30-14-22-6-2-4-8-24(22)16-32(30)36(40-34)20-35(31)39-33/h1-20,37,40H. The zero-order valence-electron chi connectivity index (χ0n) is 21.4. The second kappa shape index (κ2) is 8.01. The van der Waals surface area contributed by atoms with Gasteiger partial charge in [0.1, 0.15) is 0 Å². The normalized spacial score (nSPS) is 12.4. The van der Waals surface area contributed by atoms with E-state index in [9.17, 15) is 0 Å². The SMILES string of the molecule is C1=Cc2cc3[nH]c(cc4nc(cc5ccc(cc1n2)[nH]5)-c1cc2ccccc2cc1-4)c1cc2ccccc2cc31. The van der Waals surface area contributed by atoms with Crippen molar-refractivity contribution < 1.29 is 0 Å². The summed E-state index contributed by atoms with van der Waals surface area (Å²) in [5.74, 6) is 0. The van der Waals surface area contributed by atoms with Crippen molar-refractivity contribution in [3.05, 3.63) is 121 Å². The van der Waals surface area contributed by atoms with Crippen LogP contribution in [0.4, 0.5) is 0 Å². The second-order valence-electron chi connectivity index (χ2n) is 10.6. The summed E-state index contributed by atoms with van der Waals surface area (Å²) in [6.07, 6.45) is 4.13. The molecule has 5 heterocycles. The van der Waals surface area contributed by atoms with Gasteiger partial charge < -0.3 is 9.97 Å². The van der Waals surface area contributed by atoms with E-state index in [-0.39, 0.29) is 0 Å². The lowest BCUT2D eigenvalue weighted by molar-refractivity contribution is 1.32. The minimum atomic E-state index is 0.921. The van der Waals surface area contributed by atoms with E-state index in [0.717, 1.165) is 56.0 Å². The van der Waals surface area contributed by atoms with E-state index in [1.807, 2.05) is 0 Å². The van der Waals surface area contributed by atoms with Gasteiger partial charge in [-0.2, -0.15) is 0 Å². The third kappa shape index (κ3) is 3.33. The average Bonchev–Trinajstić information content (AvgIpc) is 3.75. The minimum Gasteiger partial charge on any atom is -0.355 e. The van der Waals surface area contributed by atoms with Gasteiger partial charge in [-0.05, 0) is 94.4 Å². The summed E-state index contributed by atoms with van der Waals surface area (Å²) in [5, 5.41) is 7.19. The Hall–Kier alpha value is -5.48. The largest absolute Gasteiger partial charge is 0.355 e. The van der Waals surface area contributed by atoms with Crippen molar-refractivity contribution in [3.63, 3.8) is 0 Å². The number of hydrogen-bond donors (Lipinski definition) is 2. The van der Waals surface area contributed by atoms with E-state index >= 15 is 0 Å². The van der Waals surface area contributed by atoms with Crippen molar-refractivity contribution in [1.29, 1.82) is 0 Å². The fraction of sp³-hybridized carbons (Fsp3) is 0. The van der Waals surface area contributed by atoms with Gasteiger partial charge in [-0.25, -0.2) is 9.97 Å². The molecule has 0 spiro atoms. The lowest BCUT2D eigenvalue weighted by atomic mass is 9.98. The van der Waals surface area contributed by atoms with E-state index in [4.69, 9.17) is 9.97 Å². The molecule has 7 aromatic rings. The molecule has 2 aliphatic heterocycles. The van der Waals surface area contributed by atoms with Gasteiger partial charge in [0.05, 0.1) is 22.8 Å². The topological polar surface area (TPSA) is 57.4 Å². The Labute approximate surface area is 229 Å². The molecular weight excluding hydrogens is 488 g/mol. The van der Waals surface area contributed by atoms with Crippen LogP contribution in [0.3, 0.4) is 0 Å². The highest BCUT2D eigenvalue weighted by molar-refractivity contribution is 6.13. The molecule has 40 heavy (non-hydrogen) atoms. The fourth-order valence-corrected chi connectivity index (χ4v) is 6.07. The maximum Gasteiger partial charge on any atom is 0.0737 e. The van der Waals surface area contributed by atoms with Crippen molar-refractivity contribution >= 4 is 66.5 Å². The first-order chi connectivity index (χ1) is 19.7. The predicted molar refractivity (Wildman–Crippen MR) is 167 cm³/mol.